The van der Waals surface area contributed by atoms with Crippen molar-refractivity contribution in [3.05, 3.63) is 47.5 Å². The summed E-state index contributed by atoms with van der Waals surface area (Å²) >= 11 is 1.36. The van der Waals surface area contributed by atoms with Gasteiger partial charge < -0.3 is 15.0 Å². The van der Waals surface area contributed by atoms with Crippen LogP contribution in [0.15, 0.2) is 30.5 Å². The van der Waals surface area contributed by atoms with Gasteiger partial charge in [-0.15, -0.1) is 0 Å². The monoisotopic (exact) mass is 279 g/mol. The Bertz CT molecular complexity index is 597. The second-order valence-corrected chi connectivity index (χ2v) is 4.67. The summed E-state index contributed by atoms with van der Waals surface area (Å²) in [5.41, 5.74) is 2.43. The Labute approximate surface area is 114 Å². The normalized spacial score (nSPS) is 10.3. The topological polar surface area (TPSA) is 56.9 Å². The van der Waals surface area contributed by atoms with E-state index in [9.17, 15) is 9.18 Å². The molecule has 0 saturated heterocycles. The van der Waals surface area contributed by atoms with Crippen LogP contribution >= 0.6 is 11.9 Å². The average Bonchev–Trinajstić information content (AvgIpc) is 2.75. The summed E-state index contributed by atoms with van der Waals surface area (Å²) in [7, 11) is 0. The molecule has 0 atom stereocenters. The van der Waals surface area contributed by atoms with Crippen molar-refractivity contribution in [1.29, 1.82) is 0 Å². The first kappa shape index (κ1) is 13.5. The maximum absolute atomic E-state index is 13.4. The number of carbonyl (C=O) groups excluding carboxylic acids is 1. The molecule has 3 N–H and O–H groups in total. The second kappa shape index (κ2) is 5.79. The first-order valence-electron chi connectivity index (χ1n) is 5.64. The molecule has 0 radical (unpaired) electrons. The first-order chi connectivity index (χ1) is 9.08. The van der Waals surface area contributed by atoms with Crippen molar-refractivity contribution in [2.24, 2.45) is 0 Å². The van der Waals surface area contributed by atoms with Gasteiger partial charge in [0, 0.05) is 29.5 Å². The third-order valence-electron chi connectivity index (χ3n) is 2.47. The van der Waals surface area contributed by atoms with E-state index in [1.807, 2.05) is 13.2 Å². The van der Waals surface area contributed by atoms with Gasteiger partial charge in [0.15, 0.2) is 0 Å². The number of H-pyrrole nitrogens is 1. The van der Waals surface area contributed by atoms with E-state index in [1.165, 1.54) is 24.1 Å². The van der Waals surface area contributed by atoms with Gasteiger partial charge in [0.25, 0.3) is 5.91 Å². The number of anilines is 2. The standard InChI is InChI=1S/C13H14FN3OS/c1-8-3-9(7-15-8)13(18)16-11-4-10(14)5-12(6-11)17-19-2/h3-7,15,17H,1-2H3,(H,16,18). The Morgan fingerprint density at radius 3 is 2.63 bits per heavy atom. The van der Waals surface area contributed by atoms with Gasteiger partial charge in [0.1, 0.15) is 5.82 Å². The zero-order chi connectivity index (χ0) is 13.8. The van der Waals surface area contributed by atoms with E-state index in [2.05, 4.69) is 15.0 Å². The van der Waals surface area contributed by atoms with Gasteiger partial charge in [-0.05, 0) is 31.2 Å². The van der Waals surface area contributed by atoms with Gasteiger partial charge in [0.05, 0.1) is 5.56 Å². The maximum Gasteiger partial charge on any atom is 0.257 e. The lowest BCUT2D eigenvalue weighted by Gasteiger charge is -2.07. The number of benzene rings is 1. The van der Waals surface area contributed by atoms with Gasteiger partial charge >= 0.3 is 0 Å². The Hall–Kier alpha value is -1.95. The third kappa shape index (κ3) is 3.51. The van der Waals surface area contributed by atoms with E-state index < -0.39 is 5.82 Å². The zero-order valence-electron chi connectivity index (χ0n) is 10.6. The van der Waals surface area contributed by atoms with Crippen LogP contribution < -0.4 is 10.0 Å². The van der Waals surface area contributed by atoms with Gasteiger partial charge in [0.2, 0.25) is 0 Å². The molecular formula is C13H14FN3OS. The summed E-state index contributed by atoms with van der Waals surface area (Å²) in [5.74, 6) is -0.676. The molecule has 0 saturated carbocycles. The fraction of sp³-hybridized carbons (Fsp3) is 0.154. The second-order valence-electron chi connectivity index (χ2n) is 4.06. The van der Waals surface area contributed by atoms with Crippen molar-refractivity contribution < 1.29 is 9.18 Å². The van der Waals surface area contributed by atoms with Crippen LogP contribution in [0.1, 0.15) is 16.1 Å². The number of hydrogen-bond donors (Lipinski definition) is 3. The molecule has 4 nitrogen and oxygen atoms in total. The molecule has 1 heterocycles. The fourth-order valence-corrected chi connectivity index (χ4v) is 2.03. The van der Waals surface area contributed by atoms with Crippen molar-refractivity contribution >= 4 is 29.2 Å². The SMILES string of the molecule is CSNc1cc(F)cc(NC(=O)c2c[nH]c(C)c2)c1. The molecule has 2 aromatic rings. The fourth-order valence-electron chi connectivity index (χ4n) is 1.68. The van der Waals surface area contributed by atoms with E-state index in [1.54, 1.807) is 18.3 Å². The number of nitrogens with one attached hydrogen (secondary N) is 3. The van der Waals surface area contributed by atoms with Gasteiger partial charge in [-0.1, -0.05) is 11.9 Å². The largest absolute Gasteiger partial charge is 0.364 e. The molecule has 0 aliphatic rings. The maximum atomic E-state index is 13.4. The van der Waals surface area contributed by atoms with E-state index >= 15 is 0 Å². The van der Waals surface area contributed by atoms with Gasteiger partial charge in [-0.25, -0.2) is 4.39 Å². The van der Waals surface area contributed by atoms with E-state index in [0.29, 0.717) is 16.9 Å². The molecule has 1 aromatic heterocycles. The third-order valence-corrected chi connectivity index (χ3v) is 2.90. The lowest BCUT2D eigenvalue weighted by Crippen LogP contribution is -2.11. The Morgan fingerprint density at radius 1 is 1.26 bits per heavy atom. The van der Waals surface area contributed by atoms with Crippen LogP contribution in [0.3, 0.4) is 0 Å². The molecular weight excluding hydrogens is 265 g/mol. The number of amides is 1. The molecule has 0 spiro atoms. The minimum Gasteiger partial charge on any atom is -0.364 e. The highest BCUT2D eigenvalue weighted by Crippen LogP contribution is 2.20. The van der Waals surface area contributed by atoms with Crippen LogP contribution in [0.5, 0.6) is 0 Å². The summed E-state index contributed by atoms with van der Waals surface area (Å²) < 4.78 is 16.3. The highest BCUT2D eigenvalue weighted by Gasteiger charge is 2.09. The first-order valence-corrected chi connectivity index (χ1v) is 6.87. The van der Waals surface area contributed by atoms with Crippen LogP contribution in [-0.4, -0.2) is 17.1 Å². The summed E-state index contributed by atoms with van der Waals surface area (Å²) in [4.78, 5) is 14.9. The molecule has 0 fully saturated rings. The van der Waals surface area contributed by atoms with Gasteiger partial charge in [-0.2, -0.15) is 0 Å². The number of aromatic nitrogens is 1. The summed E-state index contributed by atoms with van der Waals surface area (Å²) in [6.45, 7) is 1.86. The number of hydrogen-bond acceptors (Lipinski definition) is 3. The summed E-state index contributed by atoms with van der Waals surface area (Å²) in [6, 6.07) is 6.06. The molecule has 0 aliphatic carbocycles. The molecule has 0 unspecified atom stereocenters. The Morgan fingerprint density at radius 2 is 2.00 bits per heavy atom. The quantitative estimate of drug-likeness (QED) is 0.752. The minimum atomic E-state index is -0.403. The molecule has 0 bridgehead atoms. The summed E-state index contributed by atoms with van der Waals surface area (Å²) in [6.07, 6.45) is 3.46. The van der Waals surface area contributed by atoms with E-state index in [0.717, 1.165) is 5.69 Å². The van der Waals surface area contributed by atoms with Crippen LogP contribution in [0, 0.1) is 12.7 Å². The van der Waals surface area contributed by atoms with Crippen molar-refractivity contribution in [2.45, 2.75) is 6.92 Å². The predicted molar refractivity (Wildman–Crippen MR) is 77.0 cm³/mol. The van der Waals surface area contributed by atoms with Crippen molar-refractivity contribution in [1.82, 2.24) is 4.98 Å². The lowest BCUT2D eigenvalue weighted by molar-refractivity contribution is 0.102. The molecule has 2 rings (SSSR count). The molecule has 19 heavy (non-hydrogen) atoms. The molecule has 100 valence electrons. The number of carbonyl (C=O) groups is 1. The van der Waals surface area contributed by atoms with Crippen LogP contribution in [0.25, 0.3) is 0 Å². The van der Waals surface area contributed by atoms with Gasteiger partial charge in [-0.3, -0.25) is 4.79 Å². The van der Waals surface area contributed by atoms with E-state index in [4.69, 9.17) is 0 Å². The highest BCUT2D eigenvalue weighted by molar-refractivity contribution is 7.99. The van der Waals surface area contributed by atoms with Crippen molar-refractivity contribution in [3.63, 3.8) is 0 Å². The Balaban J connectivity index is 2.16. The smallest absolute Gasteiger partial charge is 0.257 e. The molecule has 1 aromatic carbocycles. The predicted octanol–water partition coefficient (Wildman–Crippen LogP) is 3.40. The average molecular weight is 279 g/mol. The summed E-state index contributed by atoms with van der Waals surface area (Å²) in [5, 5.41) is 2.66. The molecule has 6 heteroatoms. The van der Waals surface area contributed by atoms with E-state index in [-0.39, 0.29) is 5.91 Å². The number of aryl methyl sites for hydroxylation is 1. The lowest BCUT2D eigenvalue weighted by atomic mass is 10.2. The van der Waals surface area contributed by atoms with Crippen molar-refractivity contribution in [2.75, 3.05) is 16.3 Å². The zero-order valence-corrected chi connectivity index (χ0v) is 11.4. The van der Waals surface area contributed by atoms with Crippen LogP contribution in [0.4, 0.5) is 15.8 Å². The number of halogens is 1. The van der Waals surface area contributed by atoms with Crippen LogP contribution in [-0.2, 0) is 0 Å². The van der Waals surface area contributed by atoms with Crippen LogP contribution in [0.2, 0.25) is 0 Å². The Kier molecular flexibility index (Phi) is 4.11. The number of rotatable bonds is 4. The minimum absolute atomic E-state index is 0.273. The molecule has 1 amide bonds. The number of aromatic amines is 1. The highest BCUT2D eigenvalue weighted by atomic mass is 32.2. The molecule has 0 aliphatic heterocycles. The van der Waals surface area contributed by atoms with Crippen molar-refractivity contribution in [3.8, 4) is 0 Å².